The lowest BCUT2D eigenvalue weighted by Crippen LogP contribution is -2.16. The van der Waals surface area contributed by atoms with Crippen molar-refractivity contribution in [3.05, 3.63) is 23.3 Å². The van der Waals surface area contributed by atoms with E-state index in [9.17, 15) is 0 Å². The number of anilines is 1. The average Bonchev–Trinajstić information content (AvgIpc) is 3.57. The zero-order valence-corrected chi connectivity index (χ0v) is 15.7. The van der Waals surface area contributed by atoms with Crippen molar-refractivity contribution >= 4 is 16.9 Å². The molecule has 2 fully saturated rings. The summed E-state index contributed by atoms with van der Waals surface area (Å²) in [6.45, 7) is 2.29. The Hall–Kier alpha value is -2.41. The van der Waals surface area contributed by atoms with Crippen LogP contribution >= 0.6 is 0 Å². The van der Waals surface area contributed by atoms with Gasteiger partial charge in [0, 0.05) is 29.8 Å². The van der Waals surface area contributed by atoms with Crippen LogP contribution in [0.1, 0.15) is 68.1 Å². The summed E-state index contributed by atoms with van der Waals surface area (Å²) in [6.07, 6.45) is 8.00. The van der Waals surface area contributed by atoms with Crippen molar-refractivity contribution in [3.8, 4) is 11.3 Å². The van der Waals surface area contributed by atoms with Gasteiger partial charge in [-0.2, -0.15) is 0 Å². The number of fused-ring (bicyclic) bond motifs is 5. The predicted molar refractivity (Wildman–Crippen MR) is 100 cm³/mol. The second-order valence-electron chi connectivity index (χ2n) is 8.46. The van der Waals surface area contributed by atoms with Gasteiger partial charge in [0.25, 0.3) is 0 Å². The molecule has 0 saturated heterocycles. The van der Waals surface area contributed by atoms with E-state index in [0.717, 1.165) is 72.1 Å². The first-order valence-corrected chi connectivity index (χ1v) is 9.79. The Morgan fingerprint density at radius 2 is 2.07 bits per heavy atom. The molecule has 0 aromatic carbocycles. The maximum Gasteiger partial charge on any atom is 0.146 e. The topological polar surface area (TPSA) is 92.0 Å². The molecule has 0 radical (unpaired) electrons. The van der Waals surface area contributed by atoms with Crippen LogP contribution in [0, 0.1) is 0 Å². The minimum Gasteiger partial charge on any atom is -0.383 e. The summed E-state index contributed by atoms with van der Waals surface area (Å²) >= 11 is 0. The molecular weight excluding hydrogens is 342 g/mol. The Labute approximate surface area is 156 Å². The highest BCUT2D eigenvalue weighted by atomic mass is 16.5. The van der Waals surface area contributed by atoms with Crippen LogP contribution < -0.4 is 5.73 Å². The molecule has 0 bridgehead atoms. The molecule has 0 spiro atoms. The van der Waals surface area contributed by atoms with Crippen LogP contribution in [-0.4, -0.2) is 26.8 Å². The van der Waals surface area contributed by atoms with Crippen molar-refractivity contribution in [2.75, 3.05) is 12.8 Å². The molecule has 0 aliphatic heterocycles. The molecule has 27 heavy (non-hydrogen) atoms. The van der Waals surface area contributed by atoms with Gasteiger partial charge in [0.15, 0.2) is 0 Å². The third kappa shape index (κ3) is 2.03. The van der Waals surface area contributed by atoms with E-state index in [2.05, 4.69) is 26.6 Å². The predicted octanol–water partition coefficient (Wildman–Crippen LogP) is 3.69. The zero-order valence-electron chi connectivity index (χ0n) is 15.7. The molecule has 1 atom stereocenters. The van der Waals surface area contributed by atoms with Crippen molar-refractivity contribution in [1.82, 2.24) is 19.7 Å². The van der Waals surface area contributed by atoms with Crippen molar-refractivity contribution in [2.24, 2.45) is 0 Å². The minimum atomic E-state index is -0.00406. The summed E-state index contributed by atoms with van der Waals surface area (Å²) in [5, 5.41) is 5.46. The fourth-order valence-corrected chi connectivity index (χ4v) is 4.75. The van der Waals surface area contributed by atoms with E-state index in [-0.39, 0.29) is 11.6 Å². The highest BCUT2D eigenvalue weighted by Crippen LogP contribution is 2.54. The Kier molecular flexibility index (Phi) is 2.95. The van der Waals surface area contributed by atoms with E-state index in [0.29, 0.717) is 11.7 Å². The van der Waals surface area contributed by atoms with E-state index < -0.39 is 0 Å². The molecule has 3 aliphatic carbocycles. The second kappa shape index (κ2) is 5.10. The van der Waals surface area contributed by atoms with Crippen LogP contribution in [0.5, 0.6) is 0 Å². The van der Waals surface area contributed by atoms with E-state index in [1.807, 2.05) is 0 Å². The number of rotatable bonds is 3. The van der Waals surface area contributed by atoms with Gasteiger partial charge in [-0.3, -0.25) is 0 Å². The lowest BCUT2D eigenvalue weighted by Gasteiger charge is -2.18. The number of hydrogen-bond acceptors (Lipinski definition) is 6. The first-order chi connectivity index (χ1) is 13.1. The summed E-state index contributed by atoms with van der Waals surface area (Å²) in [5.74, 6) is 1.99. The van der Waals surface area contributed by atoms with Crippen LogP contribution in [0.3, 0.4) is 0 Å². The summed E-state index contributed by atoms with van der Waals surface area (Å²) in [5.41, 5.74) is 11.7. The van der Waals surface area contributed by atoms with Gasteiger partial charge >= 0.3 is 0 Å². The van der Waals surface area contributed by atoms with Gasteiger partial charge in [0.1, 0.15) is 29.2 Å². The molecule has 0 amide bonds. The van der Waals surface area contributed by atoms with E-state index in [1.165, 1.54) is 5.69 Å². The van der Waals surface area contributed by atoms with Crippen LogP contribution in [-0.2, 0) is 16.7 Å². The summed E-state index contributed by atoms with van der Waals surface area (Å²) in [7, 11) is 1.78. The van der Waals surface area contributed by atoms with Crippen molar-refractivity contribution < 1.29 is 9.26 Å². The standard InChI is InChI=1S/C20H23N5O2/c1-20(7-8-20)25-11-5-6-12(26-2)14-16(24-27-17(14)10-3-4-10)13(11)15-18(21)22-9-23-19(15)25/h9-10,12H,3-8H2,1-2H3,(H2,21,22,23)/t12-/m1/s1. The zero-order chi connectivity index (χ0) is 18.3. The maximum absolute atomic E-state index is 6.36. The molecule has 2 saturated carbocycles. The highest BCUT2D eigenvalue weighted by molar-refractivity contribution is 6.02. The van der Waals surface area contributed by atoms with Crippen molar-refractivity contribution in [1.29, 1.82) is 0 Å². The first-order valence-electron chi connectivity index (χ1n) is 9.79. The van der Waals surface area contributed by atoms with Gasteiger partial charge in [0.2, 0.25) is 0 Å². The molecule has 7 nitrogen and oxygen atoms in total. The van der Waals surface area contributed by atoms with Gasteiger partial charge in [-0.15, -0.1) is 0 Å². The summed E-state index contributed by atoms with van der Waals surface area (Å²) < 4.78 is 14.1. The number of methoxy groups -OCH3 is 1. The molecule has 3 aromatic heterocycles. The van der Waals surface area contributed by atoms with Crippen LogP contribution in [0.4, 0.5) is 5.82 Å². The van der Waals surface area contributed by atoms with Gasteiger partial charge in [-0.05, 0) is 45.4 Å². The number of nitrogens with zero attached hydrogens (tertiary/aromatic N) is 4. The second-order valence-corrected chi connectivity index (χ2v) is 8.46. The average molecular weight is 365 g/mol. The van der Waals surface area contributed by atoms with Crippen molar-refractivity contribution in [3.63, 3.8) is 0 Å². The third-order valence-corrected chi connectivity index (χ3v) is 6.58. The van der Waals surface area contributed by atoms with E-state index in [4.69, 9.17) is 15.0 Å². The molecule has 3 aliphatic rings. The number of hydrogen-bond donors (Lipinski definition) is 1. The monoisotopic (exact) mass is 365 g/mol. The summed E-state index contributed by atoms with van der Waals surface area (Å²) in [4.78, 5) is 8.92. The normalized spacial score (nSPS) is 23.1. The minimum absolute atomic E-state index is 0.00406. The number of aromatic nitrogens is 4. The molecular formula is C20H23N5O2. The van der Waals surface area contributed by atoms with Gasteiger partial charge in [-0.25, -0.2) is 9.97 Å². The summed E-state index contributed by atoms with van der Waals surface area (Å²) in [6, 6.07) is 0. The number of nitrogen functional groups attached to an aromatic ring is 1. The fraction of sp³-hybridized carbons (Fsp3) is 0.550. The van der Waals surface area contributed by atoms with E-state index in [1.54, 1.807) is 13.4 Å². The van der Waals surface area contributed by atoms with Gasteiger partial charge < -0.3 is 19.6 Å². The van der Waals surface area contributed by atoms with Crippen LogP contribution in [0.25, 0.3) is 22.3 Å². The molecule has 2 N–H and O–H groups in total. The van der Waals surface area contributed by atoms with Crippen molar-refractivity contribution in [2.45, 2.75) is 63.0 Å². The molecule has 3 heterocycles. The number of nitrogens with two attached hydrogens (primary N) is 1. The first kappa shape index (κ1) is 15.6. The molecule has 6 rings (SSSR count). The number of ether oxygens (including phenoxy) is 1. The van der Waals surface area contributed by atoms with Crippen LogP contribution in [0.2, 0.25) is 0 Å². The smallest absolute Gasteiger partial charge is 0.146 e. The Bertz CT molecular complexity index is 1070. The molecule has 7 heteroatoms. The van der Waals surface area contributed by atoms with Crippen LogP contribution in [0.15, 0.2) is 10.9 Å². The largest absolute Gasteiger partial charge is 0.383 e. The molecule has 0 unspecified atom stereocenters. The Morgan fingerprint density at radius 1 is 1.26 bits per heavy atom. The van der Waals surface area contributed by atoms with Gasteiger partial charge in [0.05, 0.1) is 17.1 Å². The molecule has 3 aromatic rings. The highest BCUT2D eigenvalue weighted by Gasteiger charge is 2.45. The van der Waals surface area contributed by atoms with E-state index >= 15 is 0 Å². The Morgan fingerprint density at radius 3 is 2.78 bits per heavy atom. The molecule has 140 valence electrons. The quantitative estimate of drug-likeness (QED) is 0.761. The maximum atomic E-state index is 6.36. The van der Waals surface area contributed by atoms with Gasteiger partial charge in [-0.1, -0.05) is 5.16 Å². The fourth-order valence-electron chi connectivity index (χ4n) is 4.75. The third-order valence-electron chi connectivity index (χ3n) is 6.58. The SMILES string of the molecule is CO[C@@H]1CCc2c(c3c(N)ncnc3n2C2(C)CC2)-c2noc(C3CC3)c21. The lowest BCUT2D eigenvalue weighted by molar-refractivity contribution is 0.0948. The Balaban J connectivity index is 1.72. The lowest BCUT2D eigenvalue weighted by atomic mass is 10.0.